The van der Waals surface area contributed by atoms with Crippen LogP contribution >= 0.6 is 11.6 Å². The molecule has 1 rings (SSSR count). The Balaban J connectivity index is 3.21. The van der Waals surface area contributed by atoms with E-state index in [-0.39, 0.29) is 17.0 Å². The van der Waals surface area contributed by atoms with E-state index in [1.165, 1.54) is 6.07 Å². The predicted molar refractivity (Wildman–Crippen MR) is 75.7 cm³/mol. The summed E-state index contributed by atoms with van der Waals surface area (Å²) in [5.41, 5.74) is 0.986. The highest BCUT2D eigenvalue weighted by Gasteiger charge is 2.26. The number of carboxylic acids is 1. The second-order valence-electron chi connectivity index (χ2n) is 5.62. The fraction of sp³-hybridized carbons (Fsp3) is 0.500. The van der Waals surface area contributed by atoms with Crippen molar-refractivity contribution >= 4 is 23.3 Å². The molecule has 1 unspecified atom stereocenters. The van der Waals surface area contributed by atoms with E-state index in [0.29, 0.717) is 10.7 Å². The normalized spacial score (nSPS) is 13.2. The zero-order chi connectivity index (χ0) is 14.1. The summed E-state index contributed by atoms with van der Waals surface area (Å²) in [6, 6.07) is 5.17. The molecule has 0 spiro atoms. The summed E-state index contributed by atoms with van der Waals surface area (Å²) in [5, 5.41) is 9.68. The van der Waals surface area contributed by atoms with E-state index < -0.39 is 5.97 Å². The number of anilines is 1. The van der Waals surface area contributed by atoms with E-state index in [1.54, 1.807) is 12.1 Å². The molecule has 0 aliphatic heterocycles. The molecule has 0 aromatic heterocycles. The molecule has 1 atom stereocenters. The summed E-state index contributed by atoms with van der Waals surface area (Å²) in [5.74, 6) is -0.958. The third-order valence-corrected chi connectivity index (χ3v) is 3.64. The van der Waals surface area contributed by atoms with Gasteiger partial charge in [0.25, 0.3) is 0 Å². The largest absolute Gasteiger partial charge is 0.478 e. The monoisotopic (exact) mass is 269 g/mol. The number of nitrogens with zero attached hydrogens (tertiary/aromatic N) is 1. The minimum atomic E-state index is -0.958. The van der Waals surface area contributed by atoms with Crippen molar-refractivity contribution in [3.8, 4) is 0 Å². The quantitative estimate of drug-likeness (QED) is 0.904. The molecule has 0 heterocycles. The predicted octanol–water partition coefficient (Wildman–Crippen LogP) is 3.91. The SMILES string of the molecule is CC(N(C)c1ccc(Cl)cc1C(=O)O)C(C)(C)C. The van der Waals surface area contributed by atoms with Gasteiger partial charge in [0.05, 0.1) is 11.3 Å². The summed E-state index contributed by atoms with van der Waals surface area (Å²) in [6.07, 6.45) is 0. The van der Waals surface area contributed by atoms with Gasteiger partial charge in [-0.15, -0.1) is 0 Å². The third-order valence-electron chi connectivity index (χ3n) is 3.40. The Kier molecular flexibility index (Phi) is 4.28. The van der Waals surface area contributed by atoms with Crippen LogP contribution < -0.4 is 4.90 Å². The molecule has 4 heteroatoms. The van der Waals surface area contributed by atoms with Gasteiger partial charge in [-0.2, -0.15) is 0 Å². The Hall–Kier alpha value is -1.22. The van der Waals surface area contributed by atoms with Gasteiger partial charge in [-0.25, -0.2) is 4.79 Å². The molecule has 0 saturated carbocycles. The first-order valence-electron chi connectivity index (χ1n) is 5.90. The lowest BCUT2D eigenvalue weighted by Crippen LogP contribution is -2.40. The van der Waals surface area contributed by atoms with Gasteiger partial charge in [0.1, 0.15) is 0 Å². The first-order chi connectivity index (χ1) is 8.14. The van der Waals surface area contributed by atoms with Crippen LogP contribution in [0.15, 0.2) is 18.2 Å². The van der Waals surface area contributed by atoms with Crippen molar-refractivity contribution in [3.63, 3.8) is 0 Å². The van der Waals surface area contributed by atoms with Crippen LogP contribution in [0, 0.1) is 5.41 Å². The maximum absolute atomic E-state index is 11.3. The summed E-state index contributed by atoms with van der Waals surface area (Å²) in [4.78, 5) is 13.3. The first-order valence-corrected chi connectivity index (χ1v) is 6.28. The van der Waals surface area contributed by atoms with Gasteiger partial charge >= 0.3 is 5.97 Å². The van der Waals surface area contributed by atoms with Crippen LogP contribution in [0.2, 0.25) is 5.02 Å². The average molecular weight is 270 g/mol. The molecule has 0 bridgehead atoms. The lowest BCUT2D eigenvalue weighted by atomic mass is 9.86. The van der Waals surface area contributed by atoms with Crippen LogP contribution in [0.25, 0.3) is 0 Å². The fourth-order valence-electron chi connectivity index (χ4n) is 1.78. The van der Waals surface area contributed by atoms with Crippen molar-refractivity contribution in [2.45, 2.75) is 33.7 Å². The zero-order valence-corrected chi connectivity index (χ0v) is 12.2. The van der Waals surface area contributed by atoms with E-state index in [1.807, 2.05) is 11.9 Å². The number of hydrogen-bond acceptors (Lipinski definition) is 2. The van der Waals surface area contributed by atoms with Crippen LogP contribution in [0.1, 0.15) is 38.1 Å². The van der Waals surface area contributed by atoms with Crippen LogP contribution in [-0.4, -0.2) is 24.2 Å². The number of aromatic carboxylic acids is 1. The molecule has 1 aromatic rings. The average Bonchev–Trinajstić information content (AvgIpc) is 2.25. The minimum Gasteiger partial charge on any atom is -0.478 e. The standard InChI is InChI=1S/C14H20ClNO2/c1-9(14(2,3)4)16(5)12-7-6-10(15)8-11(12)13(17)18/h6-9H,1-5H3,(H,17,18). The van der Waals surface area contributed by atoms with Gasteiger partial charge in [-0.1, -0.05) is 32.4 Å². The van der Waals surface area contributed by atoms with E-state index in [9.17, 15) is 9.90 Å². The molecule has 0 amide bonds. The molecule has 1 N–H and O–H groups in total. The topological polar surface area (TPSA) is 40.5 Å². The van der Waals surface area contributed by atoms with E-state index in [0.717, 1.165) is 0 Å². The van der Waals surface area contributed by atoms with Crippen LogP contribution in [-0.2, 0) is 0 Å². The van der Waals surface area contributed by atoms with Crippen molar-refractivity contribution < 1.29 is 9.90 Å². The molecule has 0 aliphatic carbocycles. The van der Waals surface area contributed by atoms with Gasteiger partial charge in [-0.3, -0.25) is 0 Å². The summed E-state index contributed by atoms with van der Waals surface area (Å²) in [7, 11) is 1.91. The Morgan fingerprint density at radius 3 is 2.39 bits per heavy atom. The molecule has 0 radical (unpaired) electrons. The highest BCUT2D eigenvalue weighted by molar-refractivity contribution is 6.31. The second kappa shape index (κ2) is 5.19. The number of carboxylic acid groups (broad SMARTS) is 1. The Bertz CT molecular complexity index is 452. The van der Waals surface area contributed by atoms with Crippen LogP contribution in [0.4, 0.5) is 5.69 Å². The van der Waals surface area contributed by atoms with Gasteiger partial charge < -0.3 is 10.0 Å². The van der Waals surface area contributed by atoms with E-state index in [2.05, 4.69) is 27.7 Å². The molecule has 100 valence electrons. The van der Waals surface area contributed by atoms with Crippen molar-refractivity contribution in [3.05, 3.63) is 28.8 Å². The van der Waals surface area contributed by atoms with Gasteiger partial charge in [0.15, 0.2) is 0 Å². The zero-order valence-electron chi connectivity index (χ0n) is 11.5. The molecule has 3 nitrogen and oxygen atoms in total. The summed E-state index contributed by atoms with van der Waals surface area (Å²) >= 11 is 5.85. The minimum absolute atomic E-state index is 0.0597. The third kappa shape index (κ3) is 3.16. The van der Waals surface area contributed by atoms with Gasteiger partial charge in [0.2, 0.25) is 0 Å². The maximum atomic E-state index is 11.3. The number of hydrogen-bond donors (Lipinski definition) is 1. The fourth-order valence-corrected chi connectivity index (χ4v) is 1.95. The van der Waals surface area contributed by atoms with Crippen molar-refractivity contribution in [2.75, 3.05) is 11.9 Å². The number of halogens is 1. The highest BCUT2D eigenvalue weighted by Crippen LogP contribution is 2.30. The first kappa shape index (κ1) is 14.8. The molecule has 0 aliphatic rings. The van der Waals surface area contributed by atoms with Crippen LogP contribution in [0.3, 0.4) is 0 Å². The lowest BCUT2D eigenvalue weighted by Gasteiger charge is -2.37. The van der Waals surface area contributed by atoms with E-state index >= 15 is 0 Å². The smallest absolute Gasteiger partial charge is 0.337 e. The second-order valence-corrected chi connectivity index (χ2v) is 6.06. The number of benzene rings is 1. The molecule has 18 heavy (non-hydrogen) atoms. The lowest BCUT2D eigenvalue weighted by molar-refractivity contribution is 0.0697. The Morgan fingerprint density at radius 1 is 1.39 bits per heavy atom. The van der Waals surface area contributed by atoms with Crippen molar-refractivity contribution in [1.29, 1.82) is 0 Å². The molecular weight excluding hydrogens is 250 g/mol. The van der Waals surface area contributed by atoms with Crippen molar-refractivity contribution in [1.82, 2.24) is 0 Å². The molecule has 0 fully saturated rings. The highest BCUT2D eigenvalue weighted by atomic mass is 35.5. The van der Waals surface area contributed by atoms with E-state index in [4.69, 9.17) is 11.6 Å². The molecular formula is C14H20ClNO2. The molecule has 1 aromatic carbocycles. The Morgan fingerprint density at radius 2 is 1.94 bits per heavy atom. The maximum Gasteiger partial charge on any atom is 0.337 e. The van der Waals surface area contributed by atoms with Gasteiger partial charge in [-0.05, 0) is 30.5 Å². The van der Waals surface area contributed by atoms with Crippen molar-refractivity contribution in [2.24, 2.45) is 5.41 Å². The summed E-state index contributed by atoms with van der Waals surface area (Å²) in [6.45, 7) is 8.47. The number of rotatable bonds is 3. The summed E-state index contributed by atoms with van der Waals surface area (Å²) < 4.78 is 0. The van der Waals surface area contributed by atoms with Crippen LogP contribution in [0.5, 0.6) is 0 Å². The van der Waals surface area contributed by atoms with Gasteiger partial charge in [0, 0.05) is 18.1 Å². The Labute approximate surface area is 113 Å². The molecule has 0 saturated heterocycles. The number of carbonyl (C=O) groups is 1.